The zero-order valence-electron chi connectivity index (χ0n) is 10.1. The van der Waals surface area contributed by atoms with Crippen LogP contribution in [0, 0.1) is 0 Å². The average molecular weight is 242 g/mol. The average Bonchev–Trinajstić information content (AvgIpc) is 2.15. The van der Waals surface area contributed by atoms with E-state index in [4.69, 9.17) is 0 Å². The van der Waals surface area contributed by atoms with E-state index in [1.54, 1.807) is 13.8 Å². The van der Waals surface area contributed by atoms with Gasteiger partial charge in [-0.15, -0.1) is 0 Å². The van der Waals surface area contributed by atoms with Crippen LogP contribution < -0.4 is 5.32 Å². The molecule has 6 heteroatoms. The second kappa shape index (κ2) is 6.42. The van der Waals surface area contributed by atoms with Crippen molar-refractivity contribution in [3.8, 4) is 0 Å². The van der Waals surface area contributed by atoms with Crippen molar-refractivity contribution in [2.45, 2.75) is 32.5 Å². The fraction of sp³-hybridized carbons (Fsp3) is 1.00. The molecule has 0 bridgehead atoms. The second-order valence-electron chi connectivity index (χ2n) is 4.17. The van der Waals surface area contributed by atoms with Crippen molar-refractivity contribution in [3.63, 3.8) is 0 Å². The maximum Gasteiger partial charge on any atom is 0.401 e. The fourth-order valence-electron chi connectivity index (χ4n) is 1.62. The number of likely N-dealkylation sites (N-methyl/N-ethyl adjacent to an activating group) is 2. The smallest absolute Gasteiger partial charge is 0.394 e. The third-order valence-corrected chi connectivity index (χ3v) is 2.38. The van der Waals surface area contributed by atoms with E-state index in [-0.39, 0.29) is 13.2 Å². The summed E-state index contributed by atoms with van der Waals surface area (Å²) in [6, 6.07) is 0. The summed E-state index contributed by atoms with van der Waals surface area (Å²) in [5, 5.41) is 12.2. The van der Waals surface area contributed by atoms with Crippen molar-refractivity contribution in [3.05, 3.63) is 0 Å². The Labute approximate surface area is 94.6 Å². The van der Waals surface area contributed by atoms with Crippen molar-refractivity contribution in [2.75, 3.05) is 32.8 Å². The van der Waals surface area contributed by atoms with Crippen LogP contribution in [0.3, 0.4) is 0 Å². The lowest BCUT2D eigenvalue weighted by atomic mass is 10.0. The molecule has 0 spiro atoms. The largest absolute Gasteiger partial charge is 0.401 e. The van der Waals surface area contributed by atoms with Crippen LogP contribution in [-0.4, -0.2) is 54.5 Å². The quantitative estimate of drug-likeness (QED) is 0.705. The topological polar surface area (TPSA) is 35.5 Å². The highest BCUT2D eigenvalue weighted by atomic mass is 19.4. The Hall–Kier alpha value is -0.330. The van der Waals surface area contributed by atoms with Crippen molar-refractivity contribution in [1.29, 1.82) is 0 Å². The minimum absolute atomic E-state index is 0.174. The fourth-order valence-corrected chi connectivity index (χ4v) is 1.62. The summed E-state index contributed by atoms with van der Waals surface area (Å²) in [5.74, 6) is 0. The molecule has 0 saturated heterocycles. The first kappa shape index (κ1) is 15.7. The number of hydrogen-bond acceptors (Lipinski definition) is 3. The van der Waals surface area contributed by atoms with Crippen LogP contribution in [0.4, 0.5) is 13.2 Å². The molecule has 0 radical (unpaired) electrons. The molecule has 1 atom stereocenters. The highest BCUT2D eigenvalue weighted by molar-refractivity contribution is 4.86. The number of hydrogen-bond donors (Lipinski definition) is 2. The molecule has 0 aromatic rings. The van der Waals surface area contributed by atoms with Crippen LogP contribution >= 0.6 is 0 Å². The minimum Gasteiger partial charge on any atom is -0.394 e. The number of nitrogens with zero attached hydrogens (tertiary/aromatic N) is 1. The van der Waals surface area contributed by atoms with Crippen LogP contribution in [0.5, 0.6) is 0 Å². The first-order valence-corrected chi connectivity index (χ1v) is 5.41. The predicted octanol–water partition coefficient (Wildman–Crippen LogP) is 1.23. The van der Waals surface area contributed by atoms with E-state index < -0.39 is 18.3 Å². The first-order chi connectivity index (χ1) is 7.26. The van der Waals surface area contributed by atoms with E-state index in [1.165, 1.54) is 4.90 Å². The molecule has 2 N–H and O–H groups in total. The lowest BCUT2D eigenvalue weighted by Gasteiger charge is -2.34. The van der Waals surface area contributed by atoms with Gasteiger partial charge in [-0.2, -0.15) is 13.2 Å². The van der Waals surface area contributed by atoms with Crippen LogP contribution in [0.15, 0.2) is 0 Å². The van der Waals surface area contributed by atoms with Gasteiger partial charge in [0.1, 0.15) is 0 Å². The summed E-state index contributed by atoms with van der Waals surface area (Å²) in [7, 11) is 0. The van der Waals surface area contributed by atoms with Gasteiger partial charge < -0.3 is 10.4 Å². The highest BCUT2D eigenvalue weighted by Gasteiger charge is 2.33. The minimum atomic E-state index is -4.20. The van der Waals surface area contributed by atoms with E-state index in [1.807, 2.05) is 6.92 Å². The molecular weight excluding hydrogens is 221 g/mol. The van der Waals surface area contributed by atoms with E-state index in [0.29, 0.717) is 13.1 Å². The second-order valence-corrected chi connectivity index (χ2v) is 4.17. The van der Waals surface area contributed by atoms with Gasteiger partial charge in [-0.1, -0.05) is 13.8 Å². The molecule has 0 aliphatic heterocycles. The molecule has 0 rings (SSSR count). The van der Waals surface area contributed by atoms with E-state index in [2.05, 4.69) is 5.32 Å². The first-order valence-electron chi connectivity index (χ1n) is 5.41. The SMILES string of the molecule is CCNC(C)(CO)CN(CC)CC(F)(F)F. The molecule has 0 heterocycles. The molecule has 3 nitrogen and oxygen atoms in total. The van der Waals surface area contributed by atoms with Crippen LogP contribution in [0.1, 0.15) is 20.8 Å². The Morgan fingerprint density at radius 1 is 1.19 bits per heavy atom. The van der Waals surface area contributed by atoms with Crippen molar-refractivity contribution < 1.29 is 18.3 Å². The molecular formula is C10H21F3N2O. The maximum absolute atomic E-state index is 12.2. The zero-order valence-corrected chi connectivity index (χ0v) is 10.1. The van der Waals surface area contributed by atoms with Gasteiger partial charge in [-0.25, -0.2) is 0 Å². The number of aliphatic hydroxyl groups excluding tert-OH is 1. The van der Waals surface area contributed by atoms with Gasteiger partial charge in [0.25, 0.3) is 0 Å². The highest BCUT2D eigenvalue weighted by Crippen LogP contribution is 2.17. The molecule has 0 fully saturated rings. The molecule has 0 saturated carbocycles. The Bertz CT molecular complexity index is 199. The number of aliphatic hydroxyl groups is 1. The third kappa shape index (κ3) is 6.30. The summed E-state index contributed by atoms with van der Waals surface area (Å²) in [5.41, 5.74) is -0.685. The summed E-state index contributed by atoms with van der Waals surface area (Å²) in [6.07, 6.45) is -4.20. The maximum atomic E-state index is 12.2. The van der Waals surface area contributed by atoms with E-state index in [9.17, 15) is 18.3 Å². The van der Waals surface area contributed by atoms with Crippen molar-refractivity contribution in [1.82, 2.24) is 10.2 Å². The van der Waals surface area contributed by atoms with Crippen LogP contribution in [-0.2, 0) is 0 Å². The summed E-state index contributed by atoms with van der Waals surface area (Å²) in [4.78, 5) is 1.28. The van der Waals surface area contributed by atoms with Gasteiger partial charge in [-0.05, 0) is 20.0 Å². The molecule has 0 aromatic carbocycles. The molecule has 16 heavy (non-hydrogen) atoms. The number of alkyl halides is 3. The normalized spacial score (nSPS) is 16.5. The van der Waals surface area contributed by atoms with Gasteiger partial charge in [0.15, 0.2) is 0 Å². The zero-order chi connectivity index (χ0) is 12.8. The summed E-state index contributed by atoms with van der Waals surface area (Å²) >= 11 is 0. The molecule has 1 unspecified atom stereocenters. The Morgan fingerprint density at radius 3 is 2.06 bits per heavy atom. The standard InChI is InChI=1S/C10H21F3N2O/c1-4-14-9(3,8-16)6-15(5-2)7-10(11,12)13/h14,16H,4-8H2,1-3H3. The van der Waals surface area contributed by atoms with Gasteiger partial charge in [0.05, 0.1) is 18.7 Å². The molecule has 98 valence electrons. The predicted molar refractivity (Wildman–Crippen MR) is 57.3 cm³/mol. The lowest BCUT2D eigenvalue weighted by Crippen LogP contribution is -2.55. The van der Waals surface area contributed by atoms with Gasteiger partial charge >= 0.3 is 6.18 Å². The number of nitrogens with one attached hydrogen (secondary N) is 1. The summed E-state index contributed by atoms with van der Waals surface area (Å²) < 4.78 is 36.7. The Kier molecular flexibility index (Phi) is 6.28. The van der Waals surface area contributed by atoms with Gasteiger partial charge in [0.2, 0.25) is 0 Å². The van der Waals surface area contributed by atoms with E-state index >= 15 is 0 Å². The number of halogens is 3. The lowest BCUT2D eigenvalue weighted by molar-refractivity contribution is -0.147. The van der Waals surface area contributed by atoms with Gasteiger partial charge in [0, 0.05) is 6.54 Å². The van der Waals surface area contributed by atoms with Gasteiger partial charge in [-0.3, -0.25) is 4.90 Å². The molecule has 0 aromatic heterocycles. The van der Waals surface area contributed by atoms with Crippen molar-refractivity contribution in [2.24, 2.45) is 0 Å². The van der Waals surface area contributed by atoms with Crippen molar-refractivity contribution >= 4 is 0 Å². The van der Waals surface area contributed by atoms with Crippen LogP contribution in [0.25, 0.3) is 0 Å². The van der Waals surface area contributed by atoms with E-state index in [0.717, 1.165) is 0 Å². The molecule has 0 aliphatic rings. The Morgan fingerprint density at radius 2 is 1.75 bits per heavy atom. The molecule has 0 amide bonds. The summed E-state index contributed by atoms with van der Waals surface area (Å²) in [6.45, 7) is 5.22. The van der Waals surface area contributed by atoms with Crippen LogP contribution in [0.2, 0.25) is 0 Å². The Balaban J connectivity index is 4.38. The monoisotopic (exact) mass is 242 g/mol. The third-order valence-electron chi connectivity index (χ3n) is 2.38. The molecule has 0 aliphatic carbocycles. The number of rotatable bonds is 7.